The van der Waals surface area contributed by atoms with Crippen molar-refractivity contribution in [2.45, 2.75) is 48.6 Å². The Balaban J connectivity index is 0.0000120. The molecule has 0 saturated heterocycles. The molecule has 6 aromatic rings. The SMILES string of the molecule is O=S(=O)([O-])c1ccc(S(=O)(=O)[O-])c(Cc2nc(Cc3ccc(/C=C/c4ccc(Nc5nc(Cc6cc(S(=O)(=O)[O-])ccc6S(=O)(=O)[O-])nc(N(CCO)CCO)n5)cc4S(=O)(=O)[O-])c(S(=O)(=O)[O-])c3)nc(N(CCO)CCO)n2)c1.[Na+].[Na+].[Na+].[Na+].[Na+].[Na+]. The average Bonchev–Trinajstić information content (AvgIpc) is 3.34. The number of rotatable bonds is 26. The number of hydrogen-bond acceptors (Lipinski definition) is 31. The van der Waals surface area contributed by atoms with E-state index < -0.39 is 159 Å². The van der Waals surface area contributed by atoms with Crippen LogP contribution in [0.4, 0.5) is 23.5 Å². The molecule has 0 aliphatic heterocycles. The number of nitrogens with one attached hydrogen (secondary N) is 1. The predicted molar refractivity (Wildman–Crippen MR) is 267 cm³/mol. The van der Waals surface area contributed by atoms with E-state index in [1.807, 2.05) is 0 Å². The van der Waals surface area contributed by atoms with Gasteiger partial charge in [-0.3, -0.25) is 0 Å². The summed E-state index contributed by atoms with van der Waals surface area (Å²) in [6.45, 7) is -2.98. The Morgan fingerprint density at radius 3 is 1.14 bits per heavy atom. The van der Waals surface area contributed by atoms with Gasteiger partial charge in [0, 0.05) is 51.1 Å². The van der Waals surface area contributed by atoms with E-state index in [1.165, 1.54) is 15.9 Å². The summed E-state index contributed by atoms with van der Waals surface area (Å²) < 4.78 is 220. The summed E-state index contributed by atoms with van der Waals surface area (Å²) in [7, 11) is -31.9. The molecular weight excluding hydrogens is 1320 g/mol. The van der Waals surface area contributed by atoms with E-state index in [0.717, 1.165) is 42.5 Å². The molecule has 0 aliphatic rings. The number of anilines is 4. The van der Waals surface area contributed by atoms with Crippen molar-refractivity contribution < 1.29 is 276 Å². The molecule has 0 fully saturated rings. The van der Waals surface area contributed by atoms with Crippen LogP contribution in [0.15, 0.2) is 102 Å². The number of aliphatic hydroxyl groups is 4. The van der Waals surface area contributed by atoms with Crippen LogP contribution in [0, 0.1) is 0 Å². The molecule has 43 heteroatoms. The largest absolute Gasteiger partial charge is 1.00 e. The second kappa shape index (κ2) is 36.1. The Kier molecular flexibility index (Phi) is 35.8. The molecule has 86 heavy (non-hydrogen) atoms. The Morgan fingerprint density at radius 1 is 0.395 bits per heavy atom. The Labute approximate surface area is 627 Å². The molecule has 0 amide bonds. The smallest absolute Gasteiger partial charge is 0.744 e. The van der Waals surface area contributed by atoms with Gasteiger partial charge >= 0.3 is 177 Å². The second-order valence-corrected chi connectivity index (χ2v) is 24.7. The van der Waals surface area contributed by atoms with Crippen molar-refractivity contribution in [3.8, 4) is 0 Å². The maximum absolute atomic E-state index is 12.8. The molecular formula is C43H41N9Na6O22S6. The molecule has 0 radical (unpaired) electrons. The second-order valence-electron chi connectivity index (χ2n) is 16.6. The first-order chi connectivity index (χ1) is 37.2. The van der Waals surface area contributed by atoms with Gasteiger partial charge in [0.25, 0.3) is 0 Å². The first kappa shape index (κ1) is 85.3. The Bertz CT molecular complexity index is 3820. The summed E-state index contributed by atoms with van der Waals surface area (Å²) in [5, 5.41) is 41.4. The fraction of sp³-hybridized carbons (Fsp3) is 0.256. The van der Waals surface area contributed by atoms with E-state index in [-0.39, 0.29) is 249 Å². The van der Waals surface area contributed by atoms with Crippen molar-refractivity contribution >= 4 is 96.4 Å². The molecule has 0 saturated carbocycles. The quantitative estimate of drug-likeness (QED) is 0.0191. The summed E-state index contributed by atoms with van der Waals surface area (Å²) in [6.07, 6.45) is -0.0272. The van der Waals surface area contributed by atoms with Crippen LogP contribution in [-0.2, 0) is 80.0 Å². The number of hydrogen-bond donors (Lipinski definition) is 5. The van der Waals surface area contributed by atoms with Crippen LogP contribution in [-0.4, -0.2) is 181 Å². The third-order valence-corrected chi connectivity index (χ3v) is 16.3. The van der Waals surface area contributed by atoms with Gasteiger partial charge in [-0.2, -0.15) is 24.9 Å². The van der Waals surface area contributed by atoms with Crippen LogP contribution in [0.3, 0.4) is 0 Å². The van der Waals surface area contributed by atoms with Crippen LogP contribution >= 0.6 is 0 Å². The first-order valence-electron chi connectivity index (χ1n) is 22.4. The van der Waals surface area contributed by atoms with Crippen molar-refractivity contribution in [3.63, 3.8) is 0 Å². The van der Waals surface area contributed by atoms with Gasteiger partial charge in [-0.1, -0.05) is 30.4 Å². The minimum atomic E-state index is -5.45. The minimum Gasteiger partial charge on any atom is -0.744 e. The van der Waals surface area contributed by atoms with Gasteiger partial charge < -0.3 is 62.9 Å². The third kappa shape index (κ3) is 24.3. The van der Waals surface area contributed by atoms with E-state index in [1.54, 1.807) is 0 Å². The van der Waals surface area contributed by atoms with Crippen molar-refractivity contribution in [1.29, 1.82) is 0 Å². The van der Waals surface area contributed by atoms with Crippen LogP contribution in [0.2, 0.25) is 0 Å². The topological polar surface area (TPSA) is 520 Å². The van der Waals surface area contributed by atoms with E-state index in [4.69, 9.17) is 0 Å². The number of aromatic nitrogens is 6. The van der Waals surface area contributed by atoms with Gasteiger partial charge in [0.2, 0.25) is 17.8 Å². The molecule has 2 heterocycles. The molecule has 5 N–H and O–H groups in total. The van der Waals surface area contributed by atoms with E-state index in [2.05, 4.69) is 35.2 Å². The predicted octanol–water partition coefficient (Wildman–Crippen LogP) is -20.2. The zero-order chi connectivity index (χ0) is 59.2. The fourth-order valence-corrected chi connectivity index (χ4v) is 11.4. The summed E-state index contributed by atoms with van der Waals surface area (Å²) in [5.74, 6) is -2.11. The monoisotopic (exact) mass is 1370 g/mol. The third-order valence-electron chi connectivity index (χ3n) is 11.0. The summed E-state index contributed by atoms with van der Waals surface area (Å²) >= 11 is 0. The number of benzene rings is 4. The minimum absolute atomic E-state index is 0. The standard InChI is InChI=1S/C43H47N9O22S6.6Na/c53-15-11-51(12-16-54)42-47-38(45-39(48-42)23-29-21-32(75(57,58)59)7-9-34(29)77(63,64)65)20-26-1-2-27(36(19-26)79(69,70)71)3-4-28-5-6-31(25-37(28)80(72,73)74)44-41-46-40(49-43(50-41)52(13-17-55)14-18-56)24-30-22-33(76(60,61)62)8-10-35(30)78(66,67)68;;;;;;/h1-10,19,21-22,25,53-56H,11-18,20,23-24H2,(H,57,58,59)(H,60,61,62)(H,63,64,65)(H,66,67,68)(H,69,70,71)(H,72,73,74)(H,44,46,49,50);;;;;;/q;6*+1/p-6/b4-3+;;;;;;. The van der Waals surface area contributed by atoms with Gasteiger partial charge in [-0.25, -0.2) is 55.5 Å². The van der Waals surface area contributed by atoms with E-state index in [0.29, 0.717) is 36.4 Å². The van der Waals surface area contributed by atoms with Gasteiger partial charge in [0.15, 0.2) is 0 Å². The molecule has 31 nitrogen and oxygen atoms in total. The van der Waals surface area contributed by atoms with Crippen LogP contribution in [0.5, 0.6) is 0 Å². The molecule has 4 aromatic carbocycles. The van der Waals surface area contributed by atoms with Crippen molar-refractivity contribution in [1.82, 2.24) is 29.9 Å². The molecule has 0 unspecified atom stereocenters. The van der Waals surface area contributed by atoms with Crippen molar-refractivity contribution in [2.24, 2.45) is 0 Å². The van der Waals surface area contributed by atoms with Crippen LogP contribution in [0.25, 0.3) is 12.2 Å². The van der Waals surface area contributed by atoms with Crippen LogP contribution < -0.4 is 192 Å². The van der Waals surface area contributed by atoms with Gasteiger partial charge in [-0.15, -0.1) is 0 Å². The maximum Gasteiger partial charge on any atom is 1.00 e. The fourth-order valence-electron chi connectivity index (χ4n) is 7.57. The molecule has 0 bridgehead atoms. The molecule has 432 valence electrons. The molecule has 0 atom stereocenters. The molecule has 2 aromatic heterocycles. The number of aliphatic hydroxyl groups excluding tert-OH is 4. The van der Waals surface area contributed by atoms with Crippen molar-refractivity contribution in [2.75, 3.05) is 67.7 Å². The maximum atomic E-state index is 12.8. The van der Waals surface area contributed by atoms with Gasteiger partial charge in [0.1, 0.15) is 78.2 Å². The van der Waals surface area contributed by atoms with E-state index in [9.17, 15) is 98.2 Å². The Hall–Kier alpha value is -0.660. The first-order valence-corrected chi connectivity index (χ1v) is 30.8. The molecule has 0 aliphatic carbocycles. The average molecular weight is 1370 g/mol. The summed E-state index contributed by atoms with van der Waals surface area (Å²) in [6, 6.07) is 9.87. The molecule has 0 spiro atoms. The van der Waals surface area contributed by atoms with Crippen LogP contribution in [0.1, 0.15) is 45.3 Å². The van der Waals surface area contributed by atoms with Gasteiger partial charge in [0.05, 0.1) is 55.8 Å². The van der Waals surface area contributed by atoms with Crippen molar-refractivity contribution in [3.05, 3.63) is 118 Å². The van der Waals surface area contributed by atoms with E-state index >= 15 is 0 Å². The normalized spacial score (nSPS) is 11.8. The summed E-state index contributed by atoms with van der Waals surface area (Å²) in [5.41, 5.74) is -2.08. The summed E-state index contributed by atoms with van der Waals surface area (Å²) in [4.78, 5) is 22.1. The zero-order valence-corrected chi connectivity index (χ0v) is 63.4. The number of nitrogens with zero attached hydrogens (tertiary/aromatic N) is 8. The molecule has 6 rings (SSSR count). The van der Waals surface area contributed by atoms with Gasteiger partial charge in [-0.05, 0) is 82.4 Å². The Morgan fingerprint density at radius 2 is 0.756 bits per heavy atom. The zero-order valence-electron chi connectivity index (χ0n) is 46.5.